The number of methoxy groups -OCH3 is 1. The summed E-state index contributed by atoms with van der Waals surface area (Å²) in [7, 11) is 1.58. The lowest BCUT2D eigenvalue weighted by Gasteiger charge is -2.34. The maximum Gasteiger partial charge on any atom is 0.290 e. The lowest BCUT2D eigenvalue weighted by Crippen LogP contribution is -2.49. The van der Waals surface area contributed by atoms with E-state index in [0.29, 0.717) is 36.0 Å². The SMILES string of the molecule is COc1cc(C)ccc1Oc1ccc(NC(=O)C2CCCCN2C(=O)c2ccco2)cn1. The number of aromatic nitrogens is 1. The van der Waals surface area contributed by atoms with Gasteiger partial charge in [0, 0.05) is 12.6 Å². The normalized spacial score (nSPS) is 15.8. The minimum Gasteiger partial charge on any atom is -0.493 e. The highest BCUT2D eigenvalue weighted by molar-refractivity contribution is 6.00. The van der Waals surface area contributed by atoms with E-state index >= 15 is 0 Å². The van der Waals surface area contributed by atoms with Crippen molar-refractivity contribution in [3.05, 3.63) is 66.2 Å². The Morgan fingerprint density at radius 2 is 2.03 bits per heavy atom. The van der Waals surface area contributed by atoms with Crippen molar-refractivity contribution in [3.8, 4) is 17.4 Å². The molecule has 1 aliphatic rings. The number of furan rings is 1. The number of ether oxygens (including phenoxy) is 2. The fraction of sp³-hybridized carbons (Fsp3) is 0.292. The van der Waals surface area contributed by atoms with Gasteiger partial charge in [-0.3, -0.25) is 9.59 Å². The molecule has 1 saturated heterocycles. The molecule has 8 heteroatoms. The molecule has 3 aromatic rings. The third-order valence-electron chi connectivity index (χ3n) is 5.34. The zero-order valence-corrected chi connectivity index (χ0v) is 18.0. The van der Waals surface area contributed by atoms with Crippen LogP contribution in [0, 0.1) is 6.92 Å². The third kappa shape index (κ3) is 4.74. The van der Waals surface area contributed by atoms with E-state index in [1.165, 1.54) is 12.5 Å². The third-order valence-corrected chi connectivity index (χ3v) is 5.34. The lowest BCUT2D eigenvalue weighted by atomic mass is 10.0. The second-order valence-corrected chi connectivity index (χ2v) is 7.62. The molecule has 1 unspecified atom stereocenters. The molecule has 166 valence electrons. The molecule has 0 aliphatic carbocycles. The van der Waals surface area contributed by atoms with Gasteiger partial charge in [-0.25, -0.2) is 4.98 Å². The second-order valence-electron chi connectivity index (χ2n) is 7.62. The number of aryl methyl sites for hydroxylation is 1. The van der Waals surface area contributed by atoms with Crippen LogP contribution in [-0.4, -0.2) is 41.4 Å². The number of rotatable bonds is 6. The molecule has 2 amide bonds. The van der Waals surface area contributed by atoms with Crippen molar-refractivity contribution >= 4 is 17.5 Å². The number of hydrogen-bond acceptors (Lipinski definition) is 6. The van der Waals surface area contributed by atoms with Crippen molar-refractivity contribution in [1.82, 2.24) is 9.88 Å². The number of likely N-dealkylation sites (tertiary alicyclic amines) is 1. The first-order valence-electron chi connectivity index (χ1n) is 10.5. The average Bonchev–Trinajstić information content (AvgIpc) is 3.36. The highest BCUT2D eigenvalue weighted by Crippen LogP contribution is 2.31. The molecule has 0 spiro atoms. The molecule has 0 radical (unpaired) electrons. The Labute approximate surface area is 186 Å². The van der Waals surface area contributed by atoms with Crippen LogP contribution in [0.2, 0.25) is 0 Å². The molecule has 8 nitrogen and oxygen atoms in total. The summed E-state index contributed by atoms with van der Waals surface area (Å²) in [6.07, 6.45) is 5.30. The molecule has 4 rings (SSSR count). The number of pyridine rings is 1. The maximum atomic E-state index is 12.9. The number of carbonyl (C=O) groups is 2. The number of nitrogens with one attached hydrogen (secondary N) is 1. The van der Waals surface area contributed by atoms with E-state index in [0.717, 1.165) is 18.4 Å². The van der Waals surface area contributed by atoms with Gasteiger partial charge in [-0.1, -0.05) is 6.07 Å². The van der Waals surface area contributed by atoms with Crippen molar-refractivity contribution in [2.24, 2.45) is 0 Å². The van der Waals surface area contributed by atoms with Crippen molar-refractivity contribution in [3.63, 3.8) is 0 Å². The molecule has 0 bridgehead atoms. The van der Waals surface area contributed by atoms with Gasteiger partial charge in [0.1, 0.15) is 6.04 Å². The van der Waals surface area contributed by atoms with Gasteiger partial charge in [0.2, 0.25) is 11.8 Å². The van der Waals surface area contributed by atoms with Gasteiger partial charge in [-0.2, -0.15) is 0 Å². The predicted molar refractivity (Wildman–Crippen MR) is 118 cm³/mol. The van der Waals surface area contributed by atoms with Crippen molar-refractivity contribution < 1.29 is 23.5 Å². The highest BCUT2D eigenvalue weighted by atomic mass is 16.5. The number of benzene rings is 1. The molecule has 3 heterocycles. The zero-order chi connectivity index (χ0) is 22.5. The Morgan fingerprint density at radius 1 is 1.16 bits per heavy atom. The Balaban J connectivity index is 1.42. The summed E-state index contributed by atoms with van der Waals surface area (Å²) in [6.45, 7) is 2.48. The van der Waals surface area contributed by atoms with E-state index in [-0.39, 0.29) is 17.6 Å². The first-order chi connectivity index (χ1) is 15.5. The predicted octanol–water partition coefficient (Wildman–Crippen LogP) is 4.42. The Hall–Kier alpha value is -3.81. The van der Waals surface area contributed by atoms with Crippen LogP contribution in [0.4, 0.5) is 5.69 Å². The smallest absolute Gasteiger partial charge is 0.290 e. The van der Waals surface area contributed by atoms with Gasteiger partial charge < -0.3 is 24.1 Å². The molecule has 1 atom stereocenters. The van der Waals surface area contributed by atoms with E-state index < -0.39 is 6.04 Å². The minimum atomic E-state index is -0.561. The van der Waals surface area contributed by atoms with Crippen molar-refractivity contribution in [1.29, 1.82) is 0 Å². The molecule has 0 saturated carbocycles. The van der Waals surface area contributed by atoms with Gasteiger partial charge in [-0.15, -0.1) is 0 Å². The first-order valence-corrected chi connectivity index (χ1v) is 10.5. The fourth-order valence-corrected chi connectivity index (χ4v) is 3.70. The van der Waals surface area contributed by atoms with Gasteiger partial charge in [0.25, 0.3) is 5.91 Å². The number of piperidine rings is 1. The number of nitrogens with zero attached hydrogens (tertiary/aromatic N) is 2. The summed E-state index contributed by atoms with van der Waals surface area (Å²) in [5.41, 5.74) is 1.58. The van der Waals surface area contributed by atoms with Crippen LogP contribution in [0.3, 0.4) is 0 Å². The van der Waals surface area contributed by atoms with Crippen LogP contribution < -0.4 is 14.8 Å². The lowest BCUT2D eigenvalue weighted by molar-refractivity contribution is -0.121. The maximum absolute atomic E-state index is 12.9. The molecular formula is C24H25N3O5. The number of carbonyl (C=O) groups excluding carboxylic acids is 2. The standard InChI is InChI=1S/C24H25N3O5/c1-16-8-10-19(21(14-16)30-2)32-22-11-9-17(15-25-22)26-23(28)18-6-3-4-12-27(18)24(29)20-7-5-13-31-20/h5,7-11,13-15,18H,3-4,6,12H2,1-2H3,(H,26,28). The van der Waals surface area contributed by atoms with Crippen LogP contribution in [0.15, 0.2) is 59.3 Å². The van der Waals surface area contributed by atoms with Gasteiger partial charge in [0.05, 0.1) is 25.3 Å². The second kappa shape index (κ2) is 9.55. The molecule has 1 aromatic carbocycles. The van der Waals surface area contributed by atoms with E-state index in [4.69, 9.17) is 13.9 Å². The van der Waals surface area contributed by atoms with Crippen molar-refractivity contribution in [2.75, 3.05) is 19.0 Å². The van der Waals surface area contributed by atoms with Crippen LogP contribution in [0.25, 0.3) is 0 Å². The Morgan fingerprint density at radius 3 is 2.75 bits per heavy atom. The summed E-state index contributed by atoms with van der Waals surface area (Å²) in [4.78, 5) is 31.5. The van der Waals surface area contributed by atoms with E-state index in [2.05, 4.69) is 10.3 Å². The number of amides is 2. The van der Waals surface area contributed by atoms with Crippen LogP contribution in [0.1, 0.15) is 35.4 Å². The summed E-state index contributed by atoms with van der Waals surface area (Å²) < 4.78 is 16.4. The van der Waals surface area contributed by atoms with Crippen LogP contribution >= 0.6 is 0 Å². The minimum absolute atomic E-state index is 0.236. The van der Waals surface area contributed by atoms with Gasteiger partial charge >= 0.3 is 0 Å². The highest BCUT2D eigenvalue weighted by Gasteiger charge is 2.33. The molecule has 1 N–H and O–H groups in total. The summed E-state index contributed by atoms with van der Waals surface area (Å²) in [5.74, 6) is 1.25. The Kier molecular flexibility index (Phi) is 6.39. The average molecular weight is 435 g/mol. The molecule has 1 fully saturated rings. The van der Waals surface area contributed by atoms with E-state index in [1.54, 1.807) is 36.3 Å². The van der Waals surface area contributed by atoms with Crippen LogP contribution in [-0.2, 0) is 4.79 Å². The quantitative estimate of drug-likeness (QED) is 0.616. The number of hydrogen-bond donors (Lipinski definition) is 1. The van der Waals surface area contributed by atoms with Gasteiger partial charge in [-0.05, 0) is 62.1 Å². The van der Waals surface area contributed by atoms with Gasteiger partial charge in [0.15, 0.2) is 17.3 Å². The summed E-state index contributed by atoms with van der Waals surface area (Å²) in [6, 6.07) is 11.7. The molecule has 1 aliphatic heterocycles. The monoisotopic (exact) mass is 435 g/mol. The van der Waals surface area contributed by atoms with E-state index in [1.807, 2.05) is 25.1 Å². The molecule has 32 heavy (non-hydrogen) atoms. The Bertz CT molecular complexity index is 1080. The summed E-state index contributed by atoms with van der Waals surface area (Å²) >= 11 is 0. The van der Waals surface area contributed by atoms with E-state index in [9.17, 15) is 9.59 Å². The zero-order valence-electron chi connectivity index (χ0n) is 18.0. The molecular weight excluding hydrogens is 410 g/mol. The number of anilines is 1. The molecule has 2 aromatic heterocycles. The summed E-state index contributed by atoms with van der Waals surface area (Å²) in [5, 5.41) is 2.86. The fourth-order valence-electron chi connectivity index (χ4n) is 3.70. The largest absolute Gasteiger partial charge is 0.493 e. The topological polar surface area (TPSA) is 93.9 Å². The van der Waals surface area contributed by atoms with Crippen molar-refractivity contribution in [2.45, 2.75) is 32.2 Å². The first kappa shape index (κ1) is 21.4. The van der Waals surface area contributed by atoms with Crippen LogP contribution in [0.5, 0.6) is 17.4 Å².